The molecule has 1 aliphatic rings. The van der Waals surface area contributed by atoms with Crippen molar-refractivity contribution in [1.82, 2.24) is 19.3 Å². The van der Waals surface area contributed by atoms with Gasteiger partial charge in [0.25, 0.3) is 0 Å². The van der Waals surface area contributed by atoms with E-state index >= 15 is 0 Å². The molecule has 51 heavy (non-hydrogen) atoms. The lowest BCUT2D eigenvalue weighted by Gasteiger charge is -2.22. The van der Waals surface area contributed by atoms with Gasteiger partial charge >= 0.3 is 0 Å². The first-order chi connectivity index (χ1) is 24.7. The van der Waals surface area contributed by atoms with Crippen molar-refractivity contribution >= 4 is 21.8 Å². The maximum atomic E-state index is 6.69. The Labute approximate surface area is 301 Å². The Balaban J connectivity index is 1.38. The zero-order chi connectivity index (χ0) is 35.3. The van der Waals surface area contributed by atoms with Gasteiger partial charge in [0, 0.05) is 34.2 Å². The predicted octanol–water partition coefficient (Wildman–Crippen LogP) is 11.8. The second-order valence-electron chi connectivity index (χ2n) is 15.6. The van der Waals surface area contributed by atoms with Crippen LogP contribution in [0.1, 0.15) is 82.6 Å². The molecule has 8 bridgehead atoms. The normalized spacial score (nSPS) is 13.0. The maximum Gasteiger partial charge on any atom is 0.138 e. The van der Waals surface area contributed by atoms with Crippen molar-refractivity contribution in [2.24, 2.45) is 5.92 Å². The van der Waals surface area contributed by atoms with Gasteiger partial charge < -0.3 is 4.74 Å². The summed E-state index contributed by atoms with van der Waals surface area (Å²) in [6.07, 6.45) is 5.74. The molecule has 0 saturated carbocycles. The van der Waals surface area contributed by atoms with E-state index in [0.717, 1.165) is 77.5 Å². The van der Waals surface area contributed by atoms with Crippen molar-refractivity contribution in [2.45, 2.75) is 85.5 Å². The number of ether oxygens (including phenoxy) is 1. The topological polar surface area (TPSA) is 44.9 Å². The Hall–Kier alpha value is -5.16. The van der Waals surface area contributed by atoms with Crippen molar-refractivity contribution in [1.29, 1.82) is 0 Å². The third-order valence-corrected chi connectivity index (χ3v) is 10.3. The average molecular weight is 673 g/mol. The highest BCUT2D eigenvalue weighted by Gasteiger charge is 2.23. The van der Waals surface area contributed by atoms with Crippen molar-refractivity contribution in [2.75, 3.05) is 0 Å². The van der Waals surface area contributed by atoms with Crippen molar-refractivity contribution < 1.29 is 4.74 Å². The maximum absolute atomic E-state index is 6.69. The highest BCUT2D eigenvalue weighted by Crippen LogP contribution is 2.38. The SMILES string of the molecule is CCCc1c(-c2ccccc2)c2nn1-c1cccc(c1)Oc1ccc3c4cc(CCC(C)C)ccc4n(c3c1)-c1cc(C(C)(C)C)cc(n1)CC2. The molecule has 0 fully saturated rings. The molecule has 7 aromatic rings. The molecule has 0 unspecified atom stereocenters. The zero-order valence-corrected chi connectivity index (χ0v) is 30.8. The van der Waals surface area contributed by atoms with E-state index in [0.29, 0.717) is 5.92 Å². The molecule has 8 rings (SSSR count). The summed E-state index contributed by atoms with van der Waals surface area (Å²) in [5, 5.41) is 7.83. The fraction of sp³-hybridized carbons (Fsp3) is 0.304. The molecule has 1 aliphatic heterocycles. The minimum atomic E-state index is -0.0574. The second-order valence-corrected chi connectivity index (χ2v) is 15.6. The molecule has 4 aromatic carbocycles. The van der Waals surface area contributed by atoms with Crippen LogP contribution in [0.15, 0.2) is 103 Å². The summed E-state index contributed by atoms with van der Waals surface area (Å²) in [6, 6.07) is 37.3. The van der Waals surface area contributed by atoms with Gasteiger partial charge in [-0.1, -0.05) is 90.4 Å². The van der Waals surface area contributed by atoms with E-state index in [2.05, 4.69) is 148 Å². The highest BCUT2D eigenvalue weighted by molar-refractivity contribution is 6.09. The fourth-order valence-electron chi connectivity index (χ4n) is 7.58. The quantitative estimate of drug-likeness (QED) is 0.177. The Morgan fingerprint density at radius 1 is 0.765 bits per heavy atom. The van der Waals surface area contributed by atoms with Crippen LogP contribution in [0.3, 0.4) is 0 Å². The summed E-state index contributed by atoms with van der Waals surface area (Å²) in [5.41, 5.74) is 11.7. The Kier molecular flexibility index (Phi) is 8.54. The van der Waals surface area contributed by atoms with Gasteiger partial charge in [0.05, 0.1) is 28.1 Å². The van der Waals surface area contributed by atoms with Crippen LogP contribution in [0, 0.1) is 5.92 Å². The molecule has 258 valence electrons. The smallest absolute Gasteiger partial charge is 0.138 e. The number of hydrogen-bond donors (Lipinski definition) is 0. The highest BCUT2D eigenvalue weighted by atomic mass is 16.5. The van der Waals surface area contributed by atoms with Crippen LogP contribution in [0.4, 0.5) is 0 Å². The standard InChI is InChI=1S/C46H48N4O/c1-7-12-42-45(32-13-9-8-10-14-32)40-23-20-34-26-33(46(4,5)6)27-44(47-34)49-41-24-19-31(18-17-30(2)3)25-39(41)38-22-21-37(29-43(38)49)51-36-16-11-15-35(28-36)50(42)48-40/h8-11,13-16,19,21-22,24-30H,7,12,17-18,20,23H2,1-6H3. The first-order valence-electron chi connectivity index (χ1n) is 18.7. The number of rotatable bonds is 6. The molecule has 0 amide bonds. The fourth-order valence-corrected chi connectivity index (χ4v) is 7.58. The molecule has 0 spiro atoms. The number of aryl methyl sites for hydroxylation is 3. The largest absolute Gasteiger partial charge is 0.457 e. The molecular weight excluding hydrogens is 625 g/mol. The predicted molar refractivity (Wildman–Crippen MR) is 211 cm³/mol. The van der Waals surface area contributed by atoms with Crippen LogP contribution in [-0.2, 0) is 31.1 Å². The van der Waals surface area contributed by atoms with Gasteiger partial charge in [-0.3, -0.25) is 4.57 Å². The van der Waals surface area contributed by atoms with E-state index < -0.39 is 0 Å². The van der Waals surface area contributed by atoms with Gasteiger partial charge in [-0.2, -0.15) is 5.10 Å². The van der Waals surface area contributed by atoms with E-state index in [9.17, 15) is 0 Å². The average Bonchev–Trinajstić information content (AvgIpc) is 3.64. The van der Waals surface area contributed by atoms with Gasteiger partial charge in [0.2, 0.25) is 0 Å². The summed E-state index contributed by atoms with van der Waals surface area (Å²) in [5.74, 6) is 3.19. The Morgan fingerprint density at radius 2 is 1.59 bits per heavy atom. The molecule has 5 nitrogen and oxygen atoms in total. The monoisotopic (exact) mass is 672 g/mol. The number of fused-ring (bicyclic) bond motifs is 12. The van der Waals surface area contributed by atoms with Crippen LogP contribution in [0.5, 0.6) is 11.5 Å². The summed E-state index contributed by atoms with van der Waals surface area (Å²) >= 11 is 0. The van der Waals surface area contributed by atoms with Crippen LogP contribution >= 0.6 is 0 Å². The van der Waals surface area contributed by atoms with Crippen molar-refractivity contribution in [3.05, 3.63) is 131 Å². The van der Waals surface area contributed by atoms with Crippen LogP contribution in [0.25, 0.3) is 44.4 Å². The van der Waals surface area contributed by atoms with Gasteiger partial charge in [-0.25, -0.2) is 9.67 Å². The van der Waals surface area contributed by atoms with E-state index in [1.807, 2.05) is 6.07 Å². The van der Waals surface area contributed by atoms with Gasteiger partial charge in [-0.15, -0.1) is 0 Å². The van der Waals surface area contributed by atoms with Gasteiger partial charge in [0.15, 0.2) is 0 Å². The molecule has 0 N–H and O–H groups in total. The number of hydrogen-bond acceptors (Lipinski definition) is 3. The summed E-state index contributed by atoms with van der Waals surface area (Å²) in [4.78, 5) is 5.46. The molecule has 5 heteroatoms. The number of benzene rings is 4. The minimum absolute atomic E-state index is 0.0574. The molecule has 0 atom stereocenters. The summed E-state index contributed by atoms with van der Waals surface area (Å²) < 4.78 is 11.2. The lowest BCUT2D eigenvalue weighted by Crippen LogP contribution is -2.14. The van der Waals surface area contributed by atoms with E-state index in [1.54, 1.807) is 0 Å². The van der Waals surface area contributed by atoms with E-state index in [-0.39, 0.29) is 5.41 Å². The van der Waals surface area contributed by atoms with E-state index in [1.165, 1.54) is 45.1 Å². The first kappa shape index (κ1) is 33.0. The first-order valence-corrected chi connectivity index (χ1v) is 18.7. The van der Waals surface area contributed by atoms with Crippen LogP contribution < -0.4 is 4.74 Å². The van der Waals surface area contributed by atoms with Crippen molar-refractivity contribution in [3.8, 4) is 34.1 Å². The van der Waals surface area contributed by atoms with E-state index in [4.69, 9.17) is 14.8 Å². The molecule has 0 aliphatic carbocycles. The van der Waals surface area contributed by atoms with Crippen LogP contribution in [0.2, 0.25) is 0 Å². The molecule has 4 heterocycles. The number of nitrogens with zero attached hydrogens (tertiary/aromatic N) is 4. The van der Waals surface area contributed by atoms with Crippen molar-refractivity contribution in [3.63, 3.8) is 0 Å². The van der Waals surface area contributed by atoms with Gasteiger partial charge in [-0.05, 0) is 109 Å². The number of aromatic nitrogens is 4. The summed E-state index contributed by atoms with van der Waals surface area (Å²) in [6.45, 7) is 13.7. The lowest BCUT2D eigenvalue weighted by molar-refractivity contribution is 0.482. The Bertz CT molecular complexity index is 2370. The summed E-state index contributed by atoms with van der Waals surface area (Å²) in [7, 11) is 0. The zero-order valence-electron chi connectivity index (χ0n) is 30.8. The van der Waals surface area contributed by atoms with Crippen LogP contribution in [-0.4, -0.2) is 19.3 Å². The third-order valence-electron chi connectivity index (χ3n) is 10.3. The third kappa shape index (κ3) is 6.35. The lowest BCUT2D eigenvalue weighted by atomic mass is 9.86. The molecular formula is C46H48N4O. The molecule has 0 saturated heterocycles. The number of pyridine rings is 1. The Morgan fingerprint density at radius 3 is 2.37 bits per heavy atom. The minimum Gasteiger partial charge on any atom is -0.457 e. The molecule has 3 aromatic heterocycles. The molecule has 0 radical (unpaired) electrons. The second kappa shape index (κ2) is 13.2. The van der Waals surface area contributed by atoms with Gasteiger partial charge in [0.1, 0.15) is 17.3 Å².